The first-order valence-corrected chi connectivity index (χ1v) is 7.45. The van der Waals surface area contributed by atoms with Gasteiger partial charge in [0.05, 0.1) is 18.0 Å². The number of nitrogens with zero attached hydrogens (tertiary/aromatic N) is 2. The maximum absolute atomic E-state index is 5.90. The van der Waals surface area contributed by atoms with Gasteiger partial charge in [-0.3, -0.25) is 4.40 Å². The summed E-state index contributed by atoms with van der Waals surface area (Å²) < 4.78 is 7.55. The lowest BCUT2D eigenvalue weighted by atomic mass is 10.1. The topological polar surface area (TPSA) is 52.5 Å². The molecule has 0 bridgehead atoms. The molecule has 1 aromatic carbocycles. The summed E-state index contributed by atoms with van der Waals surface area (Å²) >= 11 is 1.68. The molecule has 0 spiro atoms. The first-order valence-electron chi connectivity index (χ1n) is 6.63. The average Bonchev–Trinajstić information content (AvgIpc) is 2.95. The summed E-state index contributed by atoms with van der Waals surface area (Å²) in [6.07, 6.45) is 2.09. The lowest BCUT2D eigenvalue weighted by molar-refractivity contribution is 0.340. The van der Waals surface area contributed by atoms with E-state index in [4.69, 9.17) is 15.5 Å². The quantitative estimate of drug-likeness (QED) is 0.801. The Morgan fingerprint density at radius 3 is 2.70 bits per heavy atom. The summed E-state index contributed by atoms with van der Waals surface area (Å²) in [6.45, 7) is 5.20. The molecule has 3 aromatic rings. The summed E-state index contributed by atoms with van der Waals surface area (Å²) in [6, 6.07) is 8.00. The number of nitrogens with two attached hydrogens (primary N) is 1. The van der Waals surface area contributed by atoms with E-state index in [1.165, 1.54) is 4.88 Å². The largest absolute Gasteiger partial charge is 0.494 e. The van der Waals surface area contributed by atoms with Crippen molar-refractivity contribution in [3.63, 3.8) is 0 Å². The van der Waals surface area contributed by atoms with Gasteiger partial charge in [-0.2, -0.15) is 0 Å². The van der Waals surface area contributed by atoms with Gasteiger partial charge in [-0.05, 0) is 38.1 Å². The van der Waals surface area contributed by atoms with Gasteiger partial charge in [-0.15, -0.1) is 11.3 Å². The van der Waals surface area contributed by atoms with E-state index in [-0.39, 0.29) is 0 Å². The molecule has 4 nitrogen and oxygen atoms in total. The van der Waals surface area contributed by atoms with Gasteiger partial charge < -0.3 is 10.5 Å². The summed E-state index contributed by atoms with van der Waals surface area (Å²) in [5.41, 5.74) is 8.99. The Bertz CT molecular complexity index is 727. The number of fused-ring (bicyclic) bond motifs is 1. The zero-order valence-electron chi connectivity index (χ0n) is 11.6. The van der Waals surface area contributed by atoms with E-state index in [9.17, 15) is 0 Å². The number of ether oxygens (including phenoxy) is 1. The molecule has 20 heavy (non-hydrogen) atoms. The van der Waals surface area contributed by atoms with Gasteiger partial charge in [0, 0.05) is 23.2 Å². The van der Waals surface area contributed by atoms with Crippen LogP contribution in [-0.4, -0.2) is 16.0 Å². The van der Waals surface area contributed by atoms with Crippen LogP contribution in [-0.2, 0) is 6.54 Å². The van der Waals surface area contributed by atoms with Gasteiger partial charge in [-0.25, -0.2) is 4.98 Å². The maximum Gasteiger partial charge on any atom is 0.194 e. The molecule has 2 N–H and O–H groups in total. The predicted octanol–water partition coefficient (Wildman–Crippen LogP) is 3.23. The Hall–Kier alpha value is -1.85. The van der Waals surface area contributed by atoms with E-state index in [0.717, 1.165) is 27.7 Å². The number of benzene rings is 1. The second kappa shape index (κ2) is 5.26. The smallest absolute Gasteiger partial charge is 0.194 e. The van der Waals surface area contributed by atoms with Crippen LogP contribution in [0.5, 0.6) is 5.75 Å². The van der Waals surface area contributed by atoms with Crippen molar-refractivity contribution in [1.82, 2.24) is 9.38 Å². The van der Waals surface area contributed by atoms with Crippen molar-refractivity contribution in [2.24, 2.45) is 5.73 Å². The van der Waals surface area contributed by atoms with Crippen LogP contribution in [0, 0.1) is 6.92 Å². The lowest BCUT2D eigenvalue weighted by Gasteiger charge is -2.05. The number of hydrogen-bond acceptors (Lipinski definition) is 4. The third-order valence-electron chi connectivity index (χ3n) is 3.17. The van der Waals surface area contributed by atoms with Crippen LogP contribution < -0.4 is 10.5 Å². The maximum atomic E-state index is 5.90. The van der Waals surface area contributed by atoms with E-state index >= 15 is 0 Å². The van der Waals surface area contributed by atoms with Crippen molar-refractivity contribution in [3.05, 3.63) is 41.0 Å². The van der Waals surface area contributed by atoms with Crippen molar-refractivity contribution >= 4 is 16.3 Å². The molecule has 0 saturated carbocycles. The first-order chi connectivity index (χ1) is 9.72. The summed E-state index contributed by atoms with van der Waals surface area (Å²) in [4.78, 5) is 6.94. The standard InChI is InChI=1S/C15H17N3OS/c1-3-19-12-6-4-11(5-7-12)14-13(8-16)18-9-10(2)20-15(18)17-14/h4-7,9H,3,8,16H2,1-2H3. The summed E-state index contributed by atoms with van der Waals surface area (Å²) in [5, 5.41) is 0. The number of imidazole rings is 1. The monoisotopic (exact) mass is 287 g/mol. The highest BCUT2D eigenvalue weighted by molar-refractivity contribution is 7.17. The fourth-order valence-corrected chi connectivity index (χ4v) is 3.15. The first kappa shape index (κ1) is 13.1. The van der Waals surface area contributed by atoms with Crippen molar-refractivity contribution < 1.29 is 4.74 Å². The Morgan fingerprint density at radius 2 is 2.05 bits per heavy atom. The van der Waals surface area contributed by atoms with Gasteiger partial charge in [0.15, 0.2) is 4.96 Å². The fraction of sp³-hybridized carbons (Fsp3) is 0.267. The molecule has 104 valence electrons. The molecule has 0 amide bonds. The normalized spacial score (nSPS) is 11.2. The number of aryl methyl sites for hydroxylation is 1. The number of aromatic nitrogens is 2. The minimum atomic E-state index is 0.472. The van der Waals surface area contributed by atoms with Crippen LogP contribution in [0.3, 0.4) is 0 Å². The third-order valence-corrected chi connectivity index (χ3v) is 4.07. The van der Waals surface area contributed by atoms with Crippen LogP contribution >= 0.6 is 11.3 Å². The van der Waals surface area contributed by atoms with Crippen molar-refractivity contribution in [2.75, 3.05) is 6.61 Å². The van der Waals surface area contributed by atoms with Crippen LogP contribution in [0.15, 0.2) is 30.5 Å². The van der Waals surface area contributed by atoms with Crippen LogP contribution in [0.2, 0.25) is 0 Å². The minimum absolute atomic E-state index is 0.472. The van der Waals surface area contributed by atoms with Gasteiger partial charge >= 0.3 is 0 Å². The average molecular weight is 287 g/mol. The number of hydrogen-bond donors (Lipinski definition) is 1. The lowest BCUT2D eigenvalue weighted by Crippen LogP contribution is -2.01. The molecule has 0 radical (unpaired) electrons. The molecule has 0 aliphatic heterocycles. The Balaban J connectivity index is 2.06. The van der Waals surface area contributed by atoms with Gasteiger partial charge in [-0.1, -0.05) is 0 Å². The molecule has 0 aliphatic carbocycles. The van der Waals surface area contributed by atoms with Gasteiger partial charge in [0.25, 0.3) is 0 Å². The summed E-state index contributed by atoms with van der Waals surface area (Å²) in [7, 11) is 0. The van der Waals surface area contributed by atoms with Crippen molar-refractivity contribution in [3.8, 4) is 17.0 Å². The van der Waals surface area contributed by atoms with E-state index in [0.29, 0.717) is 13.2 Å². The Morgan fingerprint density at radius 1 is 1.30 bits per heavy atom. The predicted molar refractivity (Wildman–Crippen MR) is 82.3 cm³/mol. The van der Waals surface area contributed by atoms with Gasteiger partial charge in [0.2, 0.25) is 0 Å². The highest BCUT2D eigenvalue weighted by Gasteiger charge is 2.14. The molecule has 0 unspecified atom stereocenters. The number of rotatable bonds is 4. The zero-order valence-corrected chi connectivity index (χ0v) is 12.4. The molecular weight excluding hydrogens is 270 g/mol. The molecule has 0 fully saturated rings. The minimum Gasteiger partial charge on any atom is -0.494 e. The molecule has 3 rings (SSSR count). The van der Waals surface area contributed by atoms with Crippen LogP contribution in [0.1, 0.15) is 17.5 Å². The van der Waals surface area contributed by atoms with Crippen molar-refractivity contribution in [2.45, 2.75) is 20.4 Å². The van der Waals surface area contributed by atoms with Gasteiger partial charge in [0.1, 0.15) is 5.75 Å². The van der Waals surface area contributed by atoms with Crippen LogP contribution in [0.25, 0.3) is 16.2 Å². The van der Waals surface area contributed by atoms with Crippen LogP contribution in [0.4, 0.5) is 0 Å². The van der Waals surface area contributed by atoms with Crippen molar-refractivity contribution in [1.29, 1.82) is 0 Å². The zero-order chi connectivity index (χ0) is 14.1. The second-order valence-corrected chi connectivity index (χ2v) is 5.78. The second-order valence-electron chi connectivity index (χ2n) is 4.56. The highest BCUT2D eigenvalue weighted by Crippen LogP contribution is 2.29. The molecule has 5 heteroatoms. The Labute approximate surface area is 121 Å². The van der Waals surface area contributed by atoms with E-state index < -0.39 is 0 Å². The fourth-order valence-electron chi connectivity index (χ4n) is 2.30. The SMILES string of the molecule is CCOc1ccc(-c2nc3sc(C)cn3c2CN)cc1. The third kappa shape index (κ3) is 2.19. The van der Waals surface area contributed by atoms with E-state index in [1.54, 1.807) is 11.3 Å². The molecule has 0 aliphatic rings. The molecule has 0 atom stereocenters. The molecule has 2 heterocycles. The molecule has 0 saturated heterocycles. The van der Waals surface area contributed by atoms with E-state index in [1.807, 2.05) is 31.2 Å². The Kier molecular flexibility index (Phi) is 3.46. The number of thiazole rings is 1. The highest BCUT2D eigenvalue weighted by atomic mass is 32.1. The molecule has 2 aromatic heterocycles. The van der Waals surface area contributed by atoms with E-state index in [2.05, 4.69) is 17.5 Å². The summed E-state index contributed by atoms with van der Waals surface area (Å²) in [5.74, 6) is 0.877. The molecular formula is C15H17N3OS.